The molecule has 3 aromatic heterocycles. The fourth-order valence-corrected chi connectivity index (χ4v) is 3.37. The van der Waals surface area contributed by atoms with E-state index in [2.05, 4.69) is 15.2 Å². The molecule has 28 heavy (non-hydrogen) atoms. The lowest BCUT2D eigenvalue weighted by atomic mass is 10.2. The van der Waals surface area contributed by atoms with Gasteiger partial charge in [-0.2, -0.15) is 0 Å². The van der Waals surface area contributed by atoms with Crippen LogP contribution < -0.4 is 10.3 Å². The number of nitrogens with zero attached hydrogens (tertiary/aromatic N) is 4. The van der Waals surface area contributed by atoms with Gasteiger partial charge in [-0.1, -0.05) is 35.5 Å². The van der Waals surface area contributed by atoms with Crippen LogP contribution >= 0.6 is 23.4 Å². The molecule has 7 nitrogen and oxygen atoms in total. The van der Waals surface area contributed by atoms with Crippen molar-refractivity contribution < 1.29 is 9.15 Å². The molecule has 0 spiro atoms. The van der Waals surface area contributed by atoms with Gasteiger partial charge in [0.05, 0.1) is 10.7 Å². The molecule has 3 heterocycles. The van der Waals surface area contributed by atoms with Crippen LogP contribution in [0, 0.1) is 6.92 Å². The van der Waals surface area contributed by atoms with Crippen molar-refractivity contribution in [2.45, 2.75) is 24.5 Å². The van der Waals surface area contributed by atoms with Gasteiger partial charge in [0.1, 0.15) is 11.4 Å². The molecule has 0 atom stereocenters. The molecule has 4 aromatic rings. The Balaban J connectivity index is 1.40. The maximum absolute atomic E-state index is 12.2. The molecular weight excluding hydrogens is 400 g/mol. The lowest BCUT2D eigenvalue weighted by Crippen LogP contribution is -2.15. The minimum atomic E-state index is -0.194. The average molecular weight is 415 g/mol. The normalized spacial score (nSPS) is 11.1. The standard InChI is InChI=1S/C19H15ClN4O3S/c1-12-3-2-4-15(7-12)26-10-17-22-23-19(27-17)28-11-14-8-18(25)24-9-13(20)5-6-16(24)21-14/h2-9H,10-11H2,1H3. The number of ether oxygens (including phenoxy) is 1. The highest BCUT2D eigenvalue weighted by Crippen LogP contribution is 2.21. The predicted molar refractivity (Wildman–Crippen MR) is 106 cm³/mol. The van der Waals surface area contributed by atoms with E-state index in [1.165, 1.54) is 22.2 Å². The van der Waals surface area contributed by atoms with Gasteiger partial charge in [0.15, 0.2) is 6.61 Å². The number of benzene rings is 1. The first-order chi connectivity index (χ1) is 13.6. The number of rotatable bonds is 6. The van der Waals surface area contributed by atoms with Crippen molar-refractivity contribution in [3.8, 4) is 5.75 Å². The summed E-state index contributed by atoms with van der Waals surface area (Å²) < 4.78 is 12.6. The third-order valence-corrected chi connectivity index (χ3v) is 4.90. The van der Waals surface area contributed by atoms with Crippen LogP contribution in [0.25, 0.3) is 5.65 Å². The number of hydrogen-bond acceptors (Lipinski definition) is 7. The van der Waals surface area contributed by atoms with Crippen molar-refractivity contribution in [1.82, 2.24) is 19.6 Å². The Morgan fingerprint density at radius 1 is 1.21 bits per heavy atom. The Hall–Kier alpha value is -2.84. The number of pyridine rings is 1. The fraction of sp³-hybridized carbons (Fsp3) is 0.158. The number of hydrogen-bond donors (Lipinski definition) is 0. The SMILES string of the molecule is Cc1cccc(OCc2nnc(SCc3cc(=O)n4cc(Cl)ccc4n3)o2)c1. The quantitative estimate of drug-likeness (QED) is 0.442. The molecule has 0 amide bonds. The predicted octanol–water partition coefficient (Wildman–Crippen LogP) is 3.91. The zero-order valence-corrected chi connectivity index (χ0v) is 16.4. The monoisotopic (exact) mass is 414 g/mol. The van der Waals surface area contributed by atoms with Gasteiger partial charge in [-0.15, -0.1) is 10.2 Å². The van der Waals surface area contributed by atoms with E-state index in [0.29, 0.717) is 33.2 Å². The summed E-state index contributed by atoms with van der Waals surface area (Å²) in [6, 6.07) is 12.6. The lowest BCUT2D eigenvalue weighted by molar-refractivity contribution is 0.252. The molecule has 0 aliphatic carbocycles. The summed E-state index contributed by atoms with van der Waals surface area (Å²) >= 11 is 7.22. The molecule has 0 aliphatic heterocycles. The van der Waals surface area contributed by atoms with E-state index in [-0.39, 0.29) is 12.2 Å². The third-order valence-electron chi connectivity index (χ3n) is 3.82. The molecule has 0 unspecified atom stereocenters. The molecule has 0 fully saturated rings. The highest BCUT2D eigenvalue weighted by Gasteiger charge is 2.10. The molecule has 0 bridgehead atoms. The van der Waals surface area contributed by atoms with Gasteiger partial charge in [0.2, 0.25) is 0 Å². The van der Waals surface area contributed by atoms with E-state index in [1.807, 2.05) is 31.2 Å². The molecule has 0 radical (unpaired) electrons. The third kappa shape index (κ3) is 4.35. The molecular formula is C19H15ClN4O3S. The first-order valence-corrected chi connectivity index (χ1v) is 9.76. The molecule has 142 valence electrons. The zero-order chi connectivity index (χ0) is 19.5. The van der Waals surface area contributed by atoms with E-state index in [9.17, 15) is 4.79 Å². The van der Waals surface area contributed by atoms with Crippen LogP contribution in [0.3, 0.4) is 0 Å². The van der Waals surface area contributed by atoms with Crippen LogP contribution in [0.5, 0.6) is 5.75 Å². The molecule has 0 saturated carbocycles. The van der Waals surface area contributed by atoms with Gasteiger partial charge in [-0.3, -0.25) is 9.20 Å². The summed E-state index contributed by atoms with van der Waals surface area (Å²) in [5, 5.41) is 8.84. The summed E-state index contributed by atoms with van der Waals surface area (Å²) in [5.41, 5.74) is 2.07. The second kappa shape index (κ2) is 8.04. The van der Waals surface area contributed by atoms with Crippen molar-refractivity contribution in [1.29, 1.82) is 0 Å². The van der Waals surface area contributed by atoms with E-state index < -0.39 is 0 Å². The lowest BCUT2D eigenvalue weighted by Gasteiger charge is -2.04. The maximum atomic E-state index is 12.2. The summed E-state index contributed by atoms with van der Waals surface area (Å²) in [4.78, 5) is 16.7. The van der Waals surface area contributed by atoms with Crippen molar-refractivity contribution in [2.24, 2.45) is 0 Å². The van der Waals surface area contributed by atoms with Crippen LogP contribution in [0.15, 0.2) is 63.1 Å². The fourth-order valence-electron chi connectivity index (χ4n) is 2.54. The Kier molecular flexibility index (Phi) is 5.31. The summed E-state index contributed by atoms with van der Waals surface area (Å²) in [7, 11) is 0. The minimum absolute atomic E-state index is 0.188. The van der Waals surface area contributed by atoms with Crippen molar-refractivity contribution in [3.05, 3.63) is 81.2 Å². The number of aromatic nitrogens is 4. The average Bonchev–Trinajstić information content (AvgIpc) is 3.13. The second-order valence-corrected chi connectivity index (χ2v) is 7.38. The van der Waals surface area contributed by atoms with Crippen LogP contribution in [0.1, 0.15) is 17.1 Å². The highest BCUT2D eigenvalue weighted by atomic mass is 35.5. The zero-order valence-electron chi connectivity index (χ0n) is 14.8. The van der Waals surface area contributed by atoms with E-state index in [4.69, 9.17) is 20.8 Å². The molecule has 4 rings (SSSR count). The molecule has 0 N–H and O–H groups in total. The number of aryl methyl sites for hydroxylation is 1. The van der Waals surface area contributed by atoms with Crippen molar-refractivity contribution in [2.75, 3.05) is 0 Å². The Labute approximate surface area is 169 Å². The van der Waals surface area contributed by atoms with Gasteiger partial charge >= 0.3 is 0 Å². The van der Waals surface area contributed by atoms with Gasteiger partial charge in [0, 0.05) is 18.0 Å². The van der Waals surface area contributed by atoms with Gasteiger partial charge in [0.25, 0.3) is 16.7 Å². The van der Waals surface area contributed by atoms with Crippen LogP contribution in [-0.4, -0.2) is 19.6 Å². The highest BCUT2D eigenvalue weighted by molar-refractivity contribution is 7.98. The molecule has 0 aliphatic rings. The summed E-state index contributed by atoms with van der Waals surface area (Å²) in [6.45, 7) is 2.18. The molecule has 9 heteroatoms. The van der Waals surface area contributed by atoms with E-state index >= 15 is 0 Å². The Morgan fingerprint density at radius 3 is 2.96 bits per heavy atom. The Bertz CT molecular complexity index is 1190. The van der Waals surface area contributed by atoms with Crippen molar-refractivity contribution >= 4 is 29.0 Å². The maximum Gasteiger partial charge on any atom is 0.277 e. The largest absolute Gasteiger partial charge is 0.484 e. The first kappa shape index (κ1) is 18.5. The summed E-state index contributed by atoms with van der Waals surface area (Å²) in [5.74, 6) is 1.55. The van der Waals surface area contributed by atoms with Crippen LogP contribution in [-0.2, 0) is 12.4 Å². The van der Waals surface area contributed by atoms with E-state index in [0.717, 1.165) is 11.3 Å². The minimum Gasteiger partial charge on any atom is -0.484 e. The van der Waals surface area contributed by atoms with Gasteiger partial charge in [-0.25, -0.2) is 4.98 Å². The van der Waals surface area contributed by atoms with Crippen LogP contribution in [0.2, 0.25) is 5.02 Å². The summed E-state index contributed by atoms with van der Waals surface area (Å²) in [6.07, 6.45) is 1.54. The smallest absolute Gasteiger partial charge is 0.277 e. The second-order valence-electron chi connectivity index (χ2n) is 6.02. The number of halogens is 1. The number of fused-ring (bicyclic) bond motifs is 1. The molecule has 1 aromatic carbocycles. The van der Waals surface area contributed by atoms with Gasteiger partial charge in [-0.05, 0) is 36.8 Å². The Morgan fingerprint density at radius 2 is 2.11 bits per heavy atom. The topological polar surface area (TPSA) is 82.5 Å². The molecule has 0 saturated heterocycles. The van der Waals surface area contributed by atoms with Crippen LogP contribution in [0.4, 0.5) is 0 Å². The van der Waals surface area contributed by atoms with Gasteiger partial charge < -0.3 is 9.15 Å². The number of thioether (sulfide) groups is 1. The van der Waals surface area contributed by atoms with Crippen molar-refractivity contribution in [3.63, 3.8) is 0 Å². The first-order valence-electron chi connectivity index (χ1n) is 8.39. The van der Waals surface area contributed by atoms with E-state index in [1.54, 1.807) is 18.3 Å².